The topological polar surface area (TPSA) is 58.8 Å². The number of rotatable bonds is 4. The van der Waals surface area contributed by atoms with E-state index in [1.807, 2.05) is 4.90 Å². The summed E-state index contributed by atoms with van der Waals surface area (Å²) in [5.41, 5.74) is 5.66. The zero-order valence-electron chi connectivity index (χ0n) is 11.6. The van der Waals surface area contributed by atoms with Crippen molar-refractivity contribution < 1.29 is 9.53 Å². The smallest absolute Gasteiger partial charge is 0.236 e. The fourth-order valence-electron chi connectivity index (χ4n) is 2.87. The first-order valence-corrected chi connectivity index (χ1v) is 7.11. The van der Waals surface area contributed by atoms with E-state index >= 15 is 0 Å². The molecule has 5 nitrogen and oxygen atoms in total. The van der Waals surface area contributed by atoms with Gasteiger partial charge in [-0.2, -0.15) is 0 Å². The maximum absolute atomic E-state index is 12.2. The zero-order valence-corrected chi connectivity index (χ0v) is 12.4. The molecule has 2 rings (SSSR count). The molecule has 0 aliphatic carbocycles. The van der Waals surface area contributed by atoms with Crippen molar-refractivity contribution in [3.05, 3.63) is 0 Å². The first kappa shape index (κ1) is 16.7. The molecule has 0 aromatic rings. The van der Waals surface area contributed by atoms with Crippen LogP contribution in [-0.2, 0) is 9.53 Å². The number of hydrogen-bond donors (Lipinski definition) is 1. The van der Waals surface area contributed by atoms with E-state index in [2.05, 4.69) is 4.90 Å². The van der Waals surface area contributed by atoms with Gasteiger partial charge < -0.3 is 15.4 Å². The highest BCUT2D eigenvalue weighted by atomic mass is 35.5. The van der Waals surface area contributed by atoms with Crippen molar-refractivity contribution in [1.82, 2.24) is 9.80 Å². The number of carbonyl (C=O) groups is 1. The summed E-state index contributed by atoms with van der Waals surface area (Å²) < 4.78 is 5.28. The molecule has 2 fully saturated rings. The number of nitrogens with zero attached hydrogens (tertiary/aromatic N) is 2. The molecule has 1 unspecified atom stereocenters. The van der Waals surface area contributed by atoms with Crippen molar-refractivity contribution in [2.75, 3.05) is 45.9 Å². The minimum absolute atomic E-state index is 0. The van der Waals surface area contributed by atoms with Crippen molar-refractivity contribution in [1.29, 1.82) is 0 Å². The predicted octanol–water partition coefficient (Wildman–Crippen LogP) is 0.470. The summed E-state index contributed by atoms with van der Waals surface area (Å²) in [6.07, 6.45) is 4.67. The Morgan fingerprint density at radius 1 is 1.21 bits per heavy atom. The summed E-state index contributed by atoms with van der Waals surface area (Å²) in [5, 5.41) is 0. The van der Waals surface area contributed by atoms with Crippen LogP contribution in [0.4, 0.5) is 0 Å². The molecule has 0 spiro atoms. The quantitative estimate of drug-likeness (QED) is 0.818. The van der Waals surface area contributed by atoms with Crippen molar-refractivity contribution in [3.63, 3.8) is 0 Å². The molecule has 0 aromatic heterocycles. The van der Waals surface area contributed by atoms with Crippen molar-refractivity contribution in [2.45, 2.75) is 31.7 Å². The lowest BCUT2D eigenvalue weighted by Gasteiger charge is -2.37. The minimum Gasteiger partial charge on any atom is -0.378 e. The molecular formula is C13H26ClN3O2. The second-order valence-electron chi connectivity index (χ2n) is 5.19. The zero-order chi connectivity index (χ0) is 12.8. The van der Waals surface area contributed by atoms with Gasteiger partial charge in [-0.25, -0.2) is 0 Å². The lowest BCUT2D eigenvalue weighted by molar-refractivity contribution is -0.137. The van der Waals surface area contributed by atoms with Crippen LogP contribution < -0.4 is 5.73 Å². The molecule has 0 radical (unpaired) electrons. The number of piperidine rings is 1. The molecule has 0 bridgehead atoms. The van der Waals surface area contributed by atoms with Gasteiger partial charge in [-0.3, -0.25) is 9.69 Å². The number of ether oxygens (including phenoxy) is 1. The summed E-state index contributed by atoms with van der Waals surface area (Å²) in [4.78, 5) is 16.5. The lowest BCUT2D eigenvalue weighted by atomic mass is 9.99. The Labute approximate surface area is 121 Å². The van der Waals surface area contributed by atoms with Gasteiger partial charge in [0.15, 0.2) is 0 Å². The standard InChI is InChI=1S/C13H25N3O2.ClH/c14-5-4-12-3-1-2-6-16(12)11-13(17)15-7-9-18-10-8-15;/h12H,1-11,14H2;1H. The van der Waals surface area contributed by atoms with Gasteiger partial charge in [0.2, 0.25) is 5.91 Å². The van der Waals surface area contributed by atoms with Crippen LogP contribution in [0.15, 0.2) is 0 Å². The Kier molecular flexibility index (Phi) is 7.68. The lowest BCUT2D eigenvalue weighted by Crippen LogP contribution is -2.49. The Bertz CT molecular complexity index is 271. The van der Waals surface area contributed by atoms with Gasteiger partial charge in [-0.05, 0) is 32.4 Å². The highest BCUT2D eigenvalue weighted by molar-refractivity contribution is 5.85. The SMILES string of the molecule is Cl.NCCC1CCCCN1CC(=O)N1CCOCC1. The predicted molar refractivity (Wildman–Crippen MR) is 77.5 cm³/mol. The molecule has 6 heteroatoms. The molecule has 0 aromatic carbocycles. The molecule has 1 atom stereocenters. The van der Waals surface area contributed by atoms with Gasteiger partial charge in [0.1, 0.15) is 0 Å². The van der Waals surface area contributed by atoms with E-state index in [9.17, 15) is 4.79 Å². The molecule has 19 heavy (non-hydrogen) atoms. The van der Waals surface area contributed by atoms with Gasteiger partial charge in [0, 0.05) is 19.1 Å². The highest BCUT2D eigenvalue weighted by Crippen LogP contribution is 2.19. The Balaban J connectivity index is 0.00000180. The average Bonchev–Trinajstić information content (AvgIpc) is 2.42. The van der Waals surface area contributed by atoms with Crippen molar-refractivity contribution in [3.8, 4) is 0 Å². The van der Waals surface area contributed by atoms with Crippen molar-refractivity contribution in [2.24, 2.45) is 5.73 Å². The fourth-order valence-corrected chi connectivity index (χ4v) is 2.87. The van der Waals surface area contributed by atoms with Gasteiger partial charge in [0.25, 0.3) is 0 Å². The molecule has 2 N–H and O–H groups in total. The second-order valence-corrected chi connectivity index (χ2v) is 5.19. The summed E-state index contributed by atoms with van der Waals surface area (Å²) in [7, 11) is 0. The first-order valence-electron chi connectivity index (χ1n) is 7.11. The van der Waals surface area contributed by atoms with Crippen LogP contribution in [0.2, 0.25) is 0 Å². The Hall–Kier alpha value is -0.360. The van der Waals surface area contributed by atoms with Gasteiger partial charge in [-0.15, -0.1) is 12.4 Å². The molecule has 0 saturated carbocycles. The largest absolute Gasteiger partial charge is 0.378 e. The van der Waals surface area contributed by atoms with E-state index in [4.69, 9.17) is 10.5 Å². The number of morpholine rings is 1. The maximum Gasteiger partial charge on any atom is 0.236 e. The summed E-state index contributed by atoms with van der Waals surface area (Å²) in [6, 6.07) is 0.508. The molecular weight excluding hydrogens is 266 g/mol. The van der Waals surface area contributed by atoms with Crippen LogP contribution >= 0.6 is 12.4 Å². The van der Waals surface area contributed by atoms with E-state index < -0.39 is 0 Å². The van der Waals surface area contributed by atoms with Gasteiger partial charge in [-0.1, -0.05) is 6.42 Å². The summed E-state index contributed by atoms with van der Waals surface area (Å²) >= 11 is 0. The van der Waals surface area contributed by atoms with Crippen LogP contribution in [0, 0.1) is 0 Å². The van der Waals surface area contributed by atoms with Crippen LogP contribution in [0.1, 0.15) is 25.7 Å². The number of nitrogens with two attached hydrogens (primary N) is 1. The monoisotopic (exact) mass is 291 g/mol. The normalized spacial score (nSPS) is 24.9. The number of amides is 1. The van der Waals surface area contributed by atoms with Crippen LogP contribution in [-0.4, -0.2) is 67.7 Å². The van der Waals surface area contributed by atoms with E-state index in [1.54, 1.807) is 0 Å². The molecule has 2 aliphatic rings. The van der Waals surface area contributed by atoms with Gasteiger partial charge in [0.05, 0.1) is 19.8 Å². The fraction of sp³-hybridized carbons (Fsp3) is 0.923. The summed E-state index contributed by atoms with van der Waals surface area (Å²) in [6.45, 7) is 5.16. The molecule has 112 valence electrons. The molecule has 2 saturated heterocycles. The van der Waals surface area contributed by atoms with Gasteiger partial charge >= 0.3 is 0 Å². The number of hydrogen-bond acceptors (Lipinski definition) is 4. The third-order valence-corrected chi connectivity index (χ3v) is 3.95. The highest BCUT2D eigenvalue weighted by Gasteiger charge is 2.26. The average molecular weight is 292 g/mol. The van der Waals surface area contributed by atoms with Crippen LogP contribution in [0.25, 0.3) is 0 Å². The Morgan fingerprint density at radius 2 is 1.95 bits per heavy atom. The minimum atomic E-state index is 0. The third kappa shape index (κ3) is 4.91. The van der Waals surface area contributed by atoms with E-state index in [-0.39, 0.29) is 18.3 Å². The second kappa shape index (κ2) is 8.74. The maximum atomic E-state index is 12.2. The number of halogens is 1. The summed E-state index contributed by atoms with van der Waals surface area (Å²) in [5.74, 6) is 0.252. The van der Waals surface area contributed by atoms with Crippen LogP contribution in [0.3, 0.4) is 0 Å². The molecule has 2 aliphatic heterocycles. The third-order valence-electron chi connectivity index (χ3n) is 3.95. The molecule has 2 heterocycles. The van der Waals surface area contributed by atoms with E-state index in [0.29, 0.717) is 32.3 Å². The Morgan fingerprint density at radius 3 is 2.63 bits per heavy atom. The van der Waals surface area contributed by atoms with E-state index in [0.717, 1.165) is 26.1 Å². The number of likely N-dealkylation sites (tertiary alicyclic amines) is 1. The van der Waals surface area contributed by atoms with Crippen molar-refractivity contribution >= 4 is 18.3 Å². The molecule has 1 amide bonds. The first-order chi connectivity index (χ1) is 8.81. The van der Waals surface area contributed by atoms with Crippen LogP contribution in [0.5, 0.6) is 0 Å². The van der Waals surface area contributed by atoms with E-state index in [1.165, 1.54) is 19.3 Å². The number of carbonyl (C=O) groups excluding carboxylic acids is 1.